The molecule has 152 valence electrons. The first-order valence-corrected chi connectivity index (χ1v) is 8.10. The summed E-state index contributed by atoms with van der Waals surface area (Å²) in [5, 5.41) is -2.60. The number of carbonyl (C=O) groups excluding carboxylic acids is 1. The normalized spacial score (nSPS) is 23.7. The third-order valence-electron chi connectivity index (χ3n) is 3.61. The lowest BCUT2D eigenvalue weighted by Gasteiger charge is -2.27. The van der Waals surface area contributed by atoms with Crippen LogP contribution in [0.3, 0.4) is 0 Å². The summed E-state index contributed by atoms with van der Waals surface area (Å²) < 4.78 is 85.6. The largest absolute Gasteiger partial charge is 0.418 e. The van der Waals surface area contributed by atoms with E-state index in [9.17, 15) is 31.1 Å². The van der Waals surface area contributed by atoms with Gasteiger partial charge >= 0.3 is 6.01 Å². The zero-order valence-electron chi connectivity index (χ0n) is 13.6. The van der Waals surface area contributed by atoms with E-state index in [1.807, 2.05) is 0 Å². The molecule has 2 unspecified atom stereocenters. The van der Waals surface area contributed by atoms with Crippen LogP contribution in [0.5, 0.6) is 11.8 Å². The number of dihydropyridines is 1. The molecule has 0 aliphatic carbocycles. The van der Waals surface area contributed by atoms with Gasteiger partial charge in [-0.05, 0) is 12.1 Å². The number of aromatic nitrogens is 2. The van der Waals surface area contributed by atoms with E-state index in [1.54, 1.807) is 0 Å². The van der Waals surface area contributed by atoms with E-state index in [0.29, 0.717) is 12.3 Å². The highest BCUT2D eigenvalue weighted by atomic mass is 35.5. The number of alkyl halides is 3. The Labute approximate surface area is 167 Å². The molecule has 0 radical (unpaired) electrons. The van der Waals surface area contributed by atoms with Crippen molar-refractivity contribution in [2.75, 3.05) is 0 Å². The van der Waals surface area contributed by atoms with Gasteiger partial charge in [0.25, 0.3) is 0 Å². The van der Waals surface area contributed by atoms with E-state index < -0.39 is 56.5 Å². The predicted octanol–water partition coefficient (Wildman–Crippen LogP) is 4.47. The molecule has 3 rings (SSSR count). The highest BCUT2D eigenvalue weighted by Crippen LogP contribution is 2.42. The highest BCUT2D eigenvalue weighted by molar-refractivity contribution is 6.35. The van der Waals surface area contributed by atoms with Gasteiger partial charge < -0.3 is 4.74 Å². The van der Waals surface area contributed by atoms with Crippen molar-refractivity contribution in [2.24, 2.45) is 4.99 Å². The van der Waals surface area contributed by atoms with Crippen LogP contribution in [-0.4, -0.2) is 27.6 Å². The summed E-state index contributed by atoms with van der Waals surface area (Å²) in [5.41, 5.74) is -0.810. The Morgan fingerprint density at radius 3 is 2.17 bits per heavy atom. The van der Waals surface area contributed by atoms with Gasteiger partial charge in [0.15, 0.2) is 0 Å². The zero-order chi connectivity index (χ0) is 21.6. The molecule has 2 atom stereocenters. The van der Waals surface area contributed by atoms with Crippen LogP contribution < -0.4 is 4.74 Å². The fraction of sp³-hybridized carbons (Fsp3) is 0.125. The van der Waals surface area contributed by atoms with Crippen LogP contribution in [0.1, 0.15) is 5.69 Å². The summed E-state index contributed by atoms with van der Waals surface area (Å²) in [6, 6.07) is 0.196. The molecule has 29 heavy (non-hydrogen) atoms. The van der Waals surface area contributed by atoms with Crippen molar-refractivity contribution >= 4 is 35.7 Å². The second kappa shape index (κ2) is 7.30. The lowest BCUT2D eigenvalue weighted by Crippen LogP contribution is -2.31. The van der Waals surface area contributed by atoms with Crippen molar-refractivity contribution in [3.63, 3.8) is 0 Å². The van der Waals surface area contributed by atoms with Gasteiger partial charge in [0.1, 0.15) is 6.29 Å². The smallest absolute Gasteiger partial charge is 0.322 e. The molecule has 0 amide bonds. The molecular weight excluding hydrogens is 451 g/mol. The van der Waals surface area contributed by atoms with Crippen molar-refractivity contribution < 1.29 is 35.9 Å². The quantitative estimate of drug-likeness (QED) is 0.170. The minimum Gasteiger partial charge on any atom is -0.418 e. The Morgan fingerprint density at radius 1 is 1.00 bits per heavy atom. The number of hydrogen-bond donors (Lipinski definition) is 0. The summed E-state index contributed by atoms with van der Waals surface area (Å²) in [6.07, 6.45) is 2.30. The van der Waals surface area contributed by atoms with Crippen LogP contribution in [0.25, 0.3) is 0 Å². The first-order chi connectivity index (χ1) is 13.5. The molecule has 2 aromatic rings. The Bertz CT molecular complexity index is 1050. The van der Waals surface area contributed by atoms with Gasteiger partial charge in [-0.2, -0.15) is 13.8 Å². The van der Waals surface area contributed by atoms with Crippen molar-refractivity contribution in [1.29, 1.82) is 0 Å². The first-order valence-electron chi connectivity index (χ1n) is 7.34. The van der Waals surface area contributed by atoms with Crippen LogP contribution in [0.15, 0.2) is 28.9 Å². The minimum absolute atomic E-state index is 0.146. The monoisotopic (exact) mass is 455 g/mol. The molecule has 1 aliphatic rings. The van der Waals surface area contributed by atoms with Crippen molar-refractivity contribution in [1.82, 2.24) is 9.97 Å². The summed E-state index contributed by atoms with van der Waals surface area (Å²) >= 11 is 11.6. The number of ether oxygens (including phenoxy) is 1. The standard InChI is InChI=1S/C16H5Cl2F6N3O2/c17-15(24)3-6(4-28)16(18,26-5-15)7-1-2-25-14(27-7)29-13-11(22)9(20)8(19)10(21)12(13)23/h1-5H. The van der Waals surface area contributed by atoms with E-state index in [4.69, 9.17) is 23.2 Å². The Kier molecular flexibility index (Phi) is 5.30. The number of benzene rings is 1. The Morgan fingerprint density at radius 2 is 1.59 bits per heavy atom. The molecule has 0 fully saturated rings. The maximum atomic E-state index is 13.8. The van der Waals surface area contributed by atoms with Gasteiger partial charge in [-0.25, -0.2) is 22.5 Å². The number of carbonyl (C=O) groups is 1. The third kappa shape index (κ3) is 3.67. The van der Waals surface area contributed by atoms with Crippen LogP contribution in [0.2, 0.25) is 0 Å². The second-order valence-electron chi connectivity index (χ2n) is 5.50. The fourth-order valence-corrected chi connectivity index (χ4v) is 2.68. The Balaban J connectivity index is 2.05. The zero-order valence-corrected chi connectivity index (χ0v) is 15.1. The van der Waals surface area contributed by atoms with Gasteiger partial charge in [0.2, 0.25) is 45.0 Å². The highest BCUT2D eigenvalue weighted by Gasteiger charge is 2.42. The number of nitrogens with zero attached hydrogens (tertiary/aromatic N) is 3. The summed E-state index contributed by atoms with van der Waals surface area (Å²) in [6.45, 7) is 0. The topological polar surface area (TPSA) is 64.4 Å². The molecule has 2 heterocycles. The van der Waals surface area contributed by atoms with E-state index >= 15 is 0 Å². The Hall–Kier alpha value is -2.66. The van der Waals surface area contributed by atoms with Crippen molar-refractivity contribution in [2.45, 2.75) is 10.1 Å². The summed E-state index contributed by atoms with van der Waals surface area (Å²) in [4.78, 5) is 19.9. The van der Waals surface area contributed by atoms with Gasteiger partial charge in [-0.15, -0.1) is 0 Å². The molecule has 0 bridgehead atoms. The van der Waals surface area contributed by atoms with Gasteiger partial charge in [-0.3, -0.25) is 9.79 Å². The van der Waals surface area contributed by atoms with Crippen molar-refractivity contribution in [3.8, 4) is 11.8 Å². The molecule has 1 aromatic carbocycles. The first kappa shape index (κ1) is 21.1. The number of hydrogen-bond acceptors (Lipinski definition) is 5. The van der Waals surface area contributed by atoms with Crippen LogP contribution in [0, 0.1) is 29.1 Å². The summed E-state index contributed by atoms with van der Waals surface area (Å²) in [5.74, 6) is -13.0. The van der Waals surface area contributed by atoms with E-state index in [-0.39, 0.29) is 12.0 Å². The average Bonchev–Trinajstić information content (AvgIpc) is 2.70. The number of allylic oxidation sites excluding steroid dienone is 1. The molecule has 0 saturated carbocycles. The number of aliphatic imine (C=N–C) groups is 1. The SMILES string of the molecule is O=CC1=CC(F)(Cl)C=NC1(Cl)c1ccnc(Oc2c(F)c(F)c(F)c(F)c2F)n1. The van der Waals surface area contributed by atoms with Crippen molar-refractivity contribution in [3.05, 3.63) is 58.7 Å². The second-order valence-corrected chi connectivity index (χ2v) is 6.62. The lowest BCUT2D eigenvalue weighted by molar-refractivity contribution is -0.105. The van der Waals surface area contributed by atoms with Crippen LogP contribution >= 0.6 is 23.2 Å². The molecule has 0 spiro atoms. The van der Waals surface area contributed by atoms with Gasteiger partial charge in [0.05, 0.1) is 11.9 Å². The van der Waals surface area contributed by atoms with E-state index in [2.05, 4.69) is 19.7 Å². The molecular formula is C16H5Cl2F6N3O2. The van der Waals surface area contributed by atoms with Crippen LogP contribution in [-0.2, 0) is 9.79 Å². The molecule has 0 N–H and O–H groups in total. The molecule has 0 saturated heterocycles. The lowest BCUT2D eigenvalue weighted by atomic mass is 10.0. The predicted molar refractivity (Wildman–Crippen MR) is 88.2 cm³/mol. The van der Waals surface area contributed by atoms with Gasteiger partial charge in [0, 0.05) is 11.8 Å². The number of halogens is 8. The molecule has 1 aromatic heterocycles. The van der Waals surface area contributed by atoms with E-state index in [1.165, 1.54) is 0 Å². The molecule has 13 heteroatoms. The maximum Gasteiger partial charge on any atom is 0.322 e. The van der Waals surface area contributed by atoms with Crippen LogP contribution in [0.4, 0.5) is 26.3 Å². The van der Waals surface area contributed by atoms with Gasteiger partial charge in [-0.1, -0.05) is 23.2 Å². The third-order valence-corrected chi connectivity index (χ3v) is 4.32. The molecule has 5 nitrogen and oxygen atoms in total. The summed E-state index contributed by atoms with van der Waals surface area (Å²) in [7, 11) is 0. The molecule has 1 aliphatic heterocycles. The minimum atomic E-state index is -2.60. The number of aldehydes is 1. The maximum absolute atomic E-state index is 13.8. The fourth-order valence-electron chi connectivity index (χ4n) is 2.26. The van der Waals surface area contributed by atoms with E-state index in [0.717, 1.165) is 12.3 Å². The number of rotatable bonds is 4. The average molecular weight is 456 g/mol.